The molecule has 0 aliphatic carbocycles. The summed E-state index contributed by atoms with van der Waals surface area (Å²) in [6.45, 7) is 0. The number of thiocarbonyl (C=S) groups is 1. The Morgan fingerprint density at radius 1 is 0.880 bits per heavy atom. The number of nitrogens with one attached hydrogen (secondary N) is 1. The molecule has 3 heteroatoms. The number of rotatable bonds is 3. The normalized spacial score (nSPS) is 14.7. The molecule has 1 amide bonds. The summed E-state index contributed by atoms with van der Waals surface area (Å²) in [7, 11) is 0. The van der Waals surface area contributed by atoms with Crippen LogP contribution in [0.2, 0.25) is 0 Å². The quantitative estimate of drug-likeness (QED) is 0.700. The van der Waals surface area contributed by atoms with Gasteiger partial charge in [0.15, 0.2) is 0 Å². The molecule has 1 heterocycles. The second-order valence-electron chi connectivity index (χ2n) is 6.19. The van der Waals surface area contributed by atoms with Crippen LogP contribution in [-0.2, 0) is 11.2 Å². The highest BCUT2D eigenvalue weighted by Gasteiger charge is 2.24. The SMILES string of the molecule is O=C1NC(=S)CC(c2ccccc2)=C1Cc1cccc2ccccc12. The number of amides is 1. The smallest absolute Gasteiger partial charge is 0.252 e. The molecule has 0 radical (unpaired) electrons. The van der Waals surface area contributed by atoms with Crippen LogP contribution in [0.1, 0.15) is 17.5 Å². The van der Waals surface area contributed by atoms with E-state index in [1.54, 1.807) is 0 Å². The fourth-order valence-electron chi connectivity index (χ4n) is 3.39. The Balaban J connectivity index is 1.85. The van der Waals surface area contributed by atoms with Gasteiger partial charge >= 0.3 is 0 Å². The summed E-state index contributed by atoms with van der Waals surface area (Å²) in [6.07, 6.45) is 1.20. The first-order valence-corrected chi connectivity index (χ1v) is 8.71. The highest BCUT2D eigenvalue weighted by Crippen LogP contribution is 2.30. The molecule has 0 fully saturated rings. The van der Waals surface area contributed by atoms with Gasteiger partial charge in [0.2, 0.25) is 0 Å². The lowest BCUT2D eigenvalue weighted by Gasteiger charge is -2.22. The van der Waals surface area contributed by atoms with Gasteiger partial charge in [0.25, 0.3) is 5.91 Å². The monoisotopic (exact) mass is 343 g/mol. The number of hydrogen-bond acceptors (Lipinski definition) is 2. The van der Waals surface area contributed by atoms with Gasteiger partial charge in [-0.3, -0.25) is 4.79 Å². The largest absolute Gasteiger partial charge is 0.316 e. The van der Waals surface area contributed by atoms with Crippen LogP contribution >= 0.6 is 12.2 Å². The van der Waals surface area contributed by atoms with E-state index in [2.05, 4.69) is 29.6 Å². The molecule has 0 unspecified atom stereocenters. The van der Waals surface area contributed by atoms with Crippen LogP contribution in [0, 0.1) is 0 Å². The van der Waals surface area contributed by atoms with E-state index in [1.165, 1.54) is 10.8 Å². The van der Waals surface area contributed by atoms with Crippen molar-refractivity contribution in [2.45, 2.75) is 12.8 Å². The number of hydrogen-bond donors (Lipinski definition) is 1. The highest BCUT2D eigenvalue weighted by atomic mass is 32.1. The average Bonchev–Trinajstić information content (AvgIpc) is 2.64. The average molecular weight is 343 g/mol. The predicted molar refractivity (Wildman–Crippen MR) is 106 cm³/mol. The Bertz CT molecular complexity index is 999. The molecule has 3 aromatic carbocycles. The van der Waals surface area contributed by atoms with Crippen molar-refractivity contribution in [2.75, 3.05) is 0 Å². The van der Waals surface area contributed by atoms with Crippen LogP contribution in [0.5, 0.6) is 0 Å². The first-order chi connectivity index (χ1) is 12.2. The Kier molecular flexibility index (Phi) is 4.16. The van der Waals surface area contributed by atoms with Crippen LogP contribution in [-0.4, -0.2) is 10.9 Å². The highest BCUT2D eigenvalue weighted by molar-refractivity contribution is 7.80. The van der Waals surface area contributed by atoms with Crippen LogP contribution in [0.4, 0.5) is 0 Å². The van der Waals surface area contributed by atoms with Gasteiger partial charge in [0.05, 0.1) is 4.99 Å². The van der Waals surface area contributed by atoms with Crippen molar-refractivity contribution in [3.8, 4) is 0 Å². The standard InChI is InChI=1S/C22H17NOS/c24-22-20(13-17-11-6-10-15-9-4-5-12-18(15)17)19(14-21(25)23-22)16-7-2-1-3-8-16/h1-12H,13-14H2,(H,23,24,25). The Morgan fingerprint density at radius 2 is 1.60 bits per heavy atom. The predicted octanol–water partition coefficient (Wildman–Crippen LogP) is 4.68. The van der Waals surface area contributed by atoms with E-state index in [-0.39, 0.29) is 5.91 Å². The fraction of sp³-hybridized carbons (Fsp3) is 0.0909. The zero-order chi connectivity index (χ0) is 17.2. The molecule has 25 heavy (non-hydrogen) atoms. The molecule has 2 nitrogen and oxygen atoms in total. The Hall–Kier alpha value is -2.78. The van der Waals surface area contributed by atoms with Crippen LogP contribution in [0.15, 0.2) is 78.4 Å². The van der Waals surface area contributed by atoms with Crippen LogP contribution in [0.3, 0.4) is 0 Å². The van der Waals surface area contributed by atoms with Gasteiger partial charge in [-0.25, -0.2) is 0 Å². The van der Waals surface area contributed by atoms with E-state index in [9.17, 15) is 4.79 Å². The van der Waals surface area contributed by atoms with Gasteiger partial charge in [-0.2, -0.15) is 0 Å². The molecule has 0 atom stereocenters. The van der Waals surface area contributed by atoms with Crippen molar-refractivity contribution in [3.63, 3.8) is 0 Å². The maximum Gasteiger partial charge on any atom is 0.252 e. The summed E-state index contributed by atoms with van der Waals surface area (Å²) in [4.78, 5) is 13.3. The molecule has 0 bridgehead atoms. The molecular formula is C22H17NOS. The molecule has 3 aromatic rings. The van der Waals surface area contributed by atoms with Gasteiger partial charge in [0, 0.05) is 18.4 Å². The lowest BCUT2D eigenvalue weighted by atomic mass is 9.89. The van der Waals surface area contributed by atoms with Crippen LogP contribution in [0.25, 0.3) is 16.3 Å². The van der Waals surface area contributed by atoms with Gasteiger partial charge in [0.1, 0.15) is 0 Å². The first kappa shape index (κ1) is 15.7. The van der Waals surface area contributed by atoms with Crippen molar-refractivity contribution < 1.29 is 4.79 Å². The van der Waals surface area contributed by atoms with Crippen molar-refractivity contribution in [3.05, 3.63) is 89.5 Å². The Labute approximate surface area is 152 Å². The molecule has 1 N–H and O–H groups in total. The lowest BCUT2D eigenvalue weighted by Crippen LogP contribution is -2.35. The third-order valence-corrected chi connectivity index (χ3v) is 4.84. The van der Waals surface area contributed by atoms with E-state index in [0.29, 0.717) is 17.8 Å². The minimum atomic E-state index is -0.0805. The number of fused-ring (bicyclic) bond motifs is 1. The zero-order valence-corrected chi connectivity index (χ0v) is 14.5. The summed E-state index contributed by atoms with van der Waals surface area (Å²) in [6, 6.07) is 24.6. The molecular weight excluding hydrogens is 326 g/mol. The summed E-state index contributed by atoms with van der Waals surface area (Å²) < 4.78 is 0. The minimum Gasteiger partial charge on any atom is -0.316 e. The van der Waals surface area contributed by atoms with Crippen molar-refractivity contribution in [1.29, 1.82) is 0 Å². The van der Waals surface area contributed by atoms with E-state index in [4.69, 9.17) is 12.2 Å². The summed E-state index contributed by atoms with van der Waals surface area (Å²) in [5.74, 6) is -0.0805. The molecule has 0 aromatic heterocycles. The number of carbonyl (C=O) groups excluding carboxylic acids is 1. The Morgan fingerprint density at radius 3 is 2.44 bits per heavy atom. The fourth-order valence-corrected chi connectivity index (χ4v) is 3.63. The van der Waals surface area contributed by atoms with Crippen molar-refractivity contribution >= 4 is 39.5 Å². The topological polar surface area (TPSA) is 29.1 Å². The maximum absolute atomic E-state index is 12.7. The third-order valence-electron chi connectivity index (χ3n) is 4.60. The molecule has 1 aliphatic rings. The minimum absolute atomic E-state index is 0.0805. The first-order valence-electron chi connectivity index (χ1n) is 8.30. The second-order valence-corrected chi connectivity index (χ2v) is 6.69. The van der Waals surface area contributed by atoms with E-state index in [1.807, 2.05) is 48.5 Å². The molecule has 0 saturated heterocycles. The number of benzene rings is 3. The number of carbonyl (C=O) groups is 1. The van der Waals surface area contributed by atoms with E-state index >= 15 is 0 Å². The summed E-state index contributed by atoms with van der Waals surface area (Å²) in [5, 5.41) is 5.21. The van der Waals surface area contributed by atoms with Gasteiger partial charge in [-0.15, -0.1) is 0 Å². The zero-order valence-electron chi connectivity index (χ0n) is 13.7. The molecule has 0 saturated carbocycles. The molecule has 0 spiro atoms. The van der Waals surface area contributed by atoms with Crippen molar-refractivity contribution in [2.24, 2.45) is 0 Å². The summed E-state index contributed by atoms with van der Waals surface area (Å²) in [5.41, 5.74) is 4.05. The second kappa shape index (κ2) is 6.61. The van der Waals surface area contributed by atoms with Crippen molar-refractivity contribution in [1.82, 2.24) is 5.32 Å². The lowest BCUT2D eigenvalue weighted by molar-refractivity contribution is -0.116. The molecule has 1 aliphatic heterocycles. The van der Waals surface area contributed by atoms with Crippen LogP contribution < -0.4 is 5.32 Å². The third kappa shape index (κ3) is 3.11. The van der Waals surface area contributed by atoms with E-state index < -0.39 is 0 Å². The maximum atomic E-state index is 12.7. The van der Waals surface area contributed by atoms with Gasteiger partial charge in [-0.05, 0) is 27.5 Å². The van der Waals surface area contributed by atoms with Gasteiger partial charge < -0.3 is 5.32 Å². The summed E-state index contributed by atoms with van der Waals surface area (Å²) >= 11 is 5.29. The molecule has 4 rings (SSSR count). The van der Waals surface area contributed by atoms with Gasteiger partial charge in [-0.1, -0.05) is 85.0 Å². The van der Waals surface area contributed by atoms with E-state index in [0.717, 1.165) is 22.3 Å². The molecule has 122 valence electrons.